The van der Waals surface area contributed by atoms with Crippen LogP contribution in [0.4, 0.5) is 0 Å². The predicted octanol–water partition coefficient (Wildman–Crippen LogP) is 3.67. The Balaban J connectivity index is 1.05. The van der Waals surface area contributed by atoms with Crippen LogP contribution in [0.1, 0.15) is 43.0 Å². The highest BCUT2D eigenvalue weighted by Gasteiger charge is 2.59. The van der Waals surface area contributed by atoms with E-state index in [9.17, 15) is 4.79 Å². The monoisotopic (exact) mass is 461 g/mol. The highest BCUT2D eigenvalue weighted by Crippen LogP contribution is 2.60. The molecule has 3 heterocycles. The Bertz CT molecular complexity index is 997. The van der Waals surface area contributed by atoms with E-state index in [1.165, 1.54) is 11.1 Å². The average Bonchev–Trinajstić information content (AvgIpc) is 3.45. The fourth-order valence-corrected chi connectivity index (χ4v) is 5.80. The van der Waals surface area contributed by atoms with Gasteiger partial charge in [-0.05, 0) is 57.2 Å². The summed E-state index contributed by atoms with van der Waals surface area (Å²) in [6.07, 6.45) is 10.1. The Morgan fingerprint density at radius 1 is 1.06 bits per heavy atom. The quantitative estimate of drug-likeness (QED) is 0.631. The number of hydrogen-bond donors (Lipinski definition) is 0. The number of piperazine rings is 1. The average molecular weight is 462 g/mol. The van der Waals surface area contributed by atoms with Crippen molar-refractivity contribution in [3.05, 3.63) is 59.4 Å². The van der Waals surface area contributed by atoms with Crippen molar-refractivity contribution in [1.29, 1.82) is 0 Å². The SMILES string of the molecule is CCn1cc(CN2CCC3(CC2)C[C@@H]3C(=O)N2CCN(C/C=C/c3ccccc3)CC2)c(C)n1. The minimum Gasteiger partial charge on any atom is -0.340 e. The van der Waals surface area contributed by atoms with Crippen LogP contribution in [0.15, 0.2) is 42.6 Å². The third kappa shape index (κ3) is 5.13. The second-order valence-electron chi connectivity index (χ2n) is 10.4. The van der Waals surface area contributed by atoms with Gasteiger partial charge in [-0.25, -0.2) is 0 Å². The van der Waals surface area contributed by atoms with Gasteiger partial charge in [-0.15, -0.1) is 0 Å². The van der Waals surface area contributed by atoms with Crippen LogP contribution < -0.4 is 0 Å². The number of hydrogen-bond acceptors (Lipinski definition) is 4. The number of aryl methyl sites for hydroxylation is 2. The van der Waals surface area contributed by atoms with E-state index < -0.39 is 0 Å². The van der Waals surface area contributed by atoms with Gasteiger partial charge in [-0.2, -0.15) is 5.10 Å². The first-order chi connectivity index (χ1) is 16.6. The molecule has 1 atom stereocenters. The fourth-order valence-electron chi connectivity index (χ4n) is 5.80. The summed E-state index contributed by atoms with van der Waals surface area (Å²) in [7, 11) is 0. The molecule has 2 aromatic rings. The van der Waals surface area contributed by atoms with E-state index in [1.54, 1.807) is 0 Å². The molecular formula is C28H39N5O. The summed E-state index contributed by atoms with van der Waals surface area (Å²) in [5, 5.41) is 4.59. The zero-order valence-corrected chi connectivity index (χ0v) is 20.8. The number of benzene rings is 1. The van der Waals surface area contributed by atoms with Gasteiger partial charge in [-0.3, -0.25) is 19.3 Å². The van der Waals surface area contributed by atoms with Gasteiger partial charge in [0.25, 0.3) is 0 Å². The maximum Gasteiger partial charge on any atom is 0.226 e. The summed E-state index contributed by atoms with van der Waals surface area (Å²) in [4.78, 5) is 20.4. The van der Waals surface area contributed by atoms with Crippen molar-refractivity contribution in [2.24, 2.45) is 11.3 Å². The van der Waals surface area contributed by atoms with Gasteiger partial charge in [-0.1, -0.05) is 42.5 Å². The molecule has 182 valence electrons. The molecule has 1 spiro atoms. The molecule has 2 saturated heterocycles. The molecule has 34 heavy (non-hydrogen) atoms. The van der Waals surface area contributed by atoms with Gasteiger partial charge < -0.3 is 4.90 Å². The molecule has 1 saturated carbocycles. The number of amides is 1. The predicted molar refractivity (Wildman–Crippen MR) is 136 cm³/mol. The van der Waals surface area contributed by atoms with Crippen LogP contribution in [0.5, 0.6) is 0 Å². The Hall–Kier alpha value is -2.44. The standard InChI is InChI=1S/C28H39N5O/c1-3-33-22-25(23(2)29-33)21-31-14-11-28(12-15-31)20-26(28)27(34)32-18-16-30(17-19-32)13-7-10-24-8-5-4-6-9-24/h4-10,22,26H,3,11-21H2,1-2H3/b10-7+/t26-/m1/s1. The van der Waals surface area contributed by atoms with E-state index in [2.05, 4.69) is 76.3 Å². The third-order valence-corrected chi connectivity index (χ3v) is 8.26. The van der Waals surface area contributed by atoms with Crippen molar-refractivity contribution in [3.8, 4) is 0 Å². The van der Waals surface area contributed by atoms with Crippen LogP contribution >= 0.6 is 0 Å². The minimum absolute atomic E-state index is 0.267. The number of carbonyl (C=O) groups is 1. The smallest absolute Gasteiger partial charge is 0.226 e. The van der Waals surface area contributed by atoms with E-state index >= 15 is 0 Å². The second kappa shape index (κ2) is 10.0. The fraction of sp³-hybridized carbons (Fsp3) is 0.571. The van der Waals surface area contributed by atoms with Crippen molar-refractivity contribution in [2.75, 3.05) is 45.8 Å². The first-order valence-corrected chi connectivity index (χ1v) is 13.0. The molecule has 0 unspecified atom stereocenters. The van der Waals surface area contributed by atoms with E-state index in [1.807, 2.05) is 10.7 Å². The lowest BCUT2D eigenvalue weighted by atomic mass is 9.90. The van der Waals surface area contributed by atoms with Crippen molar-refractivity contribution in [2.45, 2.75) is 46.2 Å². The van der Waals surface area contributed by atoms with Crippen LogP contribution in [0.25, 0.3) is 6.08 Å². The number of likely N-dealkylation sites (tertiary alicyclic amines) is 1. The van der Waals surface area contributed by atoms with E-state index in [-0.39, 0.29) is 11.3 Å². The molecule has 6 heteroatoms. The summed E-state index contributed by atoms with van der Waals surface area (Å²) in [6.45, 7) is 13.0. The van der Waals surface area contributed by atoms with Crippen LogP contribution in [0.3, 0.4) is 0 Å². The lowest BCUT2D eigenvalue weighted by Gasteiger charge is -2.36. The summed E-state index contributed by atoms with van der Waals surface area (Å²) < 4.78 is 2.03. The summed E-state index contributed by atoms with van der Waals surface area (Å²) in [5.74, 6) is 0.691. The molecule has 0 N–H and O–H groups in total. The highest BCUT2D eigenvalue weighted by atomic mass is 16.2. The second-order valence-corrected chi connectivity index (χ2v) is 10.4. The van der Waals surface area contributed by atoms with Crippen molar-refractivity contribution in [1.82, 2.24) is 24.5 Å². The highest BCUT2D eigenvalue weighted by molar-refractivity contribution is 5.83. The Kier molecular flexibility index (Phi) is 6.89. The molecule has 1 aromatic heterocycles. The molecule has 0 bridgehead atoms. The Morgan fingerprint density at radius 2 is 1.79 bits per heavy atom. The summed E-state index contributed by atoms with van der Waals surface area (Å²) >= 11 is 0. The summed E-state index contributed by atoms with van der Waals surface area (Å²) in [5.41, 5.74) is 4.02. The van der Waals surface area contributed by atoms with Crippen LogP contribution in [0, 0.1) is 18.3 Å². The third-order valence-electron chi connectivity index (χ3n) is 8.26. The summed E-state index contributed by atoms with van der Waals surface area (Å²) in [6, 6.07) is 10.4. The maximum atomic E-state index is 13.3. The van der Waals surface area contributed by atoms with Crippen molar-refractivity contribution < 1.29 is 4.79 Å². The number of nitrogens with zero attached hydrogens (tertiary/aromatic N) is 5. The number of piperidine rings is 1. The zero-order chi connectivity index (χ0) is 23.5. The first kappa shape index (κ1) is 23.3. The molecule has 2 aliphatic heterocycles. The Labute approximate surface area is 204 Å². The Morgan fingerprint density at radius 3 is 2.47 bits per heavy atom. The van der Waals surface area contributed by atoms with Gasteiger partial charge >= 0.3 is 0 Å². The van der Waals surface area contributed by atoms with Gasteiger partial charge in [0.15, 0.2) is 0 Å². The van der Waals surface area contributed by atoms with Gasteiger partial charge in [0.2, 0.25) is 5.91 Å². The lowest BCUT2D eigenvalue weighted by molar-refractivity contribution is -0.135. The first-order valence-electron chi connectivity index (χ1n) is 13.0. The molecule has 3 aliphatic rings. The van der Waals surface area contributed by atoms with E-state index in [0.29, 0.717) is 5.91 Å². The number of rotatable bonds is 7. The minimum atomic E-state index is 0.267. The van der Waals surface area contributed by atoms with Crippen LogP contribution in [0.2, 0.25) is 0 Å². The number of aromatic nitrogens is 2. The van der Waals surface area contributed by atoms with Gasteiger partial charge in [0, 0.05) is 63.5 Å². The topological polar surface area (TPSA) is 44.6 Å². The van der Waals surface area contributed by atoms with Crippen LogP contribution in [-0.4, -0.2) is 76.2 Å². The number of carbonyl (C=O) groups excluding carboxylic acids is 1. The molecule has 5 rings (SSSR count). The normalized spacial score (nSPS) is 23.1. The molecule has 6 nitrogen and oxygen atoms in total. The molecule has 1 aromatic carbocycles. The largest absolute Gasteiger partial charge is 0.340 e. The van der Waals surface area contributed by atoms with Crippen molar-refractivity contribution in [3.63, 3.8) is 0 Å². The lowest BCUT2D eigenvalue weighted by Crippen LogP contribution is -2.49. The maximum absolute atomic E-state index is 13.3. The van der Waals surface area contributed by atoms with Crippen LogP contribution in [-0.2, 0) is 17.9 Å². The van der Waals surface area contributed by atoms with E-state index in [0.717, 1.165) is 83.9 Å². The zero-order valence-electron chi connectivity index (χ0n) is 20.8. The molecule has 1 amide bonds. The molecular weight excluding hydrogens is 422 g/mol. The van der Waals surface area contributed by atoms with Gasteiger partial charge in [0.05, 0.1) is 5.69 Å². The van der Waals surface area contributed by atoms with E-state index in [4.69, 9.17) is 0 Å². The molecule has 0 radical (unpaired) electrons. The van der Waals surface area contributed by atoms with Gasteiger partial charge in [0.1, 0.15) is 0 Å². The molecule has 3 fully saturated rings. The molecule has 1 aliphatic carbocycles. The van der Waals surface area contributed by atoms with Crippen molar-refractivity contribution >= 4 is 12.0 Å².